The first-order valence-electron chi connectivity index (χ1n) is 8.29. The fourth-order valence-electron chi connectivity index (χ4n) is 3.29. The lowest BCUT2D eigenvalue weighted by Crippen LogP contribution is -2.42. The van der Waals surface area contributed by atoms with Gasteiger partial charge < -0.3 is 10.1 Å². The predicted molar refractivity (Wildman–Crippen MR) is 88.8 cm³/mol. The van der Waals surface area contributed by atoms with Crippen LogP contribution < -0.4 is 10.1 Å². The molecule has 21 heavy (non-hydrogen) atoms. The van der Waals surface area contributed by atoms with Crippen LogP contribution in [0.15, 0.2) is 24.3 Å². The summed E-state index contributed by atoms with van der Waals surface area (Å²) in [6.45, 7) is 4.39. The van der Waals surface area contributed by atoms with Crippen molar-refractivity contribution < 1.29 is 4.74 Å². The zero-order valence-corrected chi connectivity index (χ0v) is 13.8. The molecule has 0 aromatic heterocycles. The van der Waals surface area contributed by atoms with Gasteiger partial charge >= 0.3 is 0 Å². The molecule has 2 rings (SSSR count). The number of methoxy groups -OCH3 is 1. The number of benzene rings is 1. The molecule has 0 heterocycles. The van der Waals surface area contributed by atoms with Crippen molar-refractivity contribution in [2.75, 3.05) is 20.7 Å². The van der Waals surface area contributed by atoms with Crippen LogP contribution >= 0.6 is 0 Å². The second-order valence-corrected chi connectivity index (χ2v) is 6.24. The fraction of sp³-hybridized carbons (Fsp3) is 0.667. The van der Waals surface area contributed by atoms with E-state index in [4.69, 9.17) is 4.74 Å². The number of ether oxygens (including phenoxy) is 1. The number of rotatable bonds is 7. The Balaban J connectivity index is 1.88. The van der Waals surface area contributed by atoms with Gasteiger partial charge in [0.05, 0.1) is 7.11 Å². The summed E-state index contributed by atoms with van der Waals surface area (Å²) in [6, 6.07) is 9.82. The van der Waals surface area contributed by atoms with Gasteiger partial charge in [-0.1, -0.05) is 25.5 Å². The minimum atomic E-state index is 0.694. The number of hydrogen-bond donors (Lipinski definition) is 1. The molecule has 3 nitrogen and oxygen atoms in total. The van der Waals surface area contributed by atoms with Crippen molar-refractivity contribution in [3.8, 4) is 5.75 Å². The summed E-state index contributed by atoms with van der Waals surface area (Å²) < 4.78 is 5.31. The lowest BCUT2D eigenvalue weighted by atomic mass is 9.90. The van der Waals surface area contributed by atoms with Crippen LogP contribution in [0.3, 0.4) is 0 Å². The van der Waals surface area contributed by atoms with E-state index in [2.05, 4.69) is 42.4 Å². The molecule has 0 bridgehead atoms. The summed E-state index contributed by atoms with van der Waals surface area (Å²) in [4.78, 5) is 2.51. The highest BCUT2D eigenvalue weighted by Crippen LogP contribution is 2.24. The van der Waals surface area contributed by atoms with Crippen molar-refractivity contribution in [1.82, 2.24) is 10.2 Å². The molecule has 3 heteroatoms. The number of nitrogens with one attached hydrogen (secondary N) is 1. The molecule has 0 spiro atoms. The van der Waals surface area contributed by atoms with E-state index in [1.807, 2.05) is 6.07 Å². The van der Waals surface area contributed by atoms with E-state index in [1.165, 1.54) is 37.7 Å². The largest absolute Gasteiger partial charge is 0.497 e. The maximum absolute atomic E-state index is 5.31. The van der Waals surface area contributed by atoms with Crippen LogP contribution in [-0.4, -0.2) is 37.7 Å². The normalized spacial score (nSPS) is 22.5. The molecule has 2 atom stereocenters. The molecule has 1 aliphatic carbocycles. The summed E-state index contributed by atoms with van der Waals surface area (Å²) in [5.74, 6) is 0.951. The highest BCUT2D eigenvalue weighted by Gasteiger charge is 2.24. The Hall–Kier alpha value is -1.06. The van der Waals surface area contributed by atoms with Gasteiger partial charge in [-0.15, -0.1) is 0 Å². The molecule has 1 fully saturated rings. The van der Waals surface area contributed by atoms with E-state index in [0.29, 0.717) is 12.1 Å². The van der Waals surface area contributed by atoms with Gasteiger partial charge in [0.2, 0.25) is 0 Å². The van der Waals surface area contributed by atoms with Gasteiger partial charge in [-0.2, -0.15) is 0 Å². The van der Waals surface area contributed by atoms with Gasteiger partial charge in [0.15, 0.2) is 0 Å². The quantitative estimate of drug-likeness (QED) is 0.832. The van der Waals surface area contributed by atoms with E-state index in [1.54, 1.807) is 7.11 Å². The van der Waals surface area contributed by atoms with Gasteiger partial charge in [0, 0.05) is 18.6 Å². The minimum absolute atomic E-state index is 0.694. The average molecular weight is 290 g/mol. The third-order valence-electron chi connectivity index (χ3n) is 4.52. The summed E-state index contributed by atoms with van der Waals surface area (Å²) in [7, 11) is 3.99. The molecule has 118 valence electrons. The second kappa shape index (κ2) is 8.40. The lowest BCUT2D eigenvalue weighted by Gasteiger charge is -2.36. The zero-order chi connectivity index (χ0) is 15.1. The van der Waals surface area contributed by atoms with E-state index >= 15 is 0 Å². The Kier molecular flexibility index (Phi) is 6.52. The second-order valence-electron chi connectivity index (χ2n) is 6.24. The van der Waals surface area contributed by atoms with Crippen LogP contribution in [-0.2, 0) is 6.54 Å². The number of nitrogens with zero attached hydrogens (tertiary/aromatic N) is 1. The third kappa shape index (κ3) is 5.01. The average Bonchev–Trinajstić information content (AvgIpc) is 2.53. The van der Waals surface area contributed by atoms with Crippen LogP contribution in [0.25, 0.3) is 0 Å². The topological polar surface area (TPSA) is 24.5 Å². The van der Waals surface area contributed by atoms with E-state index in [9.17, 15) is 0 Å². The van der Waals surface area contributed by atoms with Crippen molar-refractivity contribution in [2.45, 2.75) is 57.7 Å². The van der Waals surface area contributed by atoms with E-state index < -0.39 is 0 Å². The van der Waals surface area contributed by atoms with Gasteiger partial charge in [0.1, 0.15) is 5.75 Å². The smallest absolute Gasteiger partial charge is 0.119 e. The van der Waals surface area contributed by atoms with E-state index in [-0.39, 0.29) is 0 Å². The molecule has 1 aromatic rings. The molecule has 2 unspecified atom stereocenters. The summed E-state index contributed by atoms with van der Waals surface area (Å²) in [5, 5.41) is 3.69. The molecule has 1 saturated carbocycles. The van der Waals surface area contributed by atoms with Crippen molar-refractivity contribution >= 4 is 0 Å². The Bertz CT molecular complexity index is 421. The van der Waals surface area contributed by atoms with Crippen LogP contribution in [0.1, 0.15) is 44.6 Å². The van der Waals surface area contributed by atoms with Crippen molar-refractivity contribution in [2.24, 2.45) is 0 Å². The Labute approximate surface area is 129 Å². The van der Waals surface area contributed by atoms with Gasteiger partial charge in [0.25, 0.3) is 0 Å². The van der Waals surface area contributed by atoms with E-state index in [0.717, 1.165) is 18.8 Å². The maximum Gasteiger partial charge on any atom is 0.119 e. The van der Waals surface area contributed by atoms with Crippen LogP contribution in [0, 0.1) is 0 Å². The SMILES string of the molecule is CCCNC1CCCC(N(C)Cc2cccc(OC)c2)C1. The Morgan fingerprint density at radius 2 is 2.19 bits per heavy atom. The van der Waals surface area contributed by atoms with Crippen molar-refractivity contribution in [1.29, 1.82) is 0 Å². The Morgan fingerprint density at radius 1 is 1.33 bits per heavy atom. The molecule has 0 amide bonds. The number of hydrogen-bond acceptors (Lipinski definition) is 3. The molecule has 1 aliphatic rings. The Morgan fingerprint density at radius 3 is 2.95 bits per heavy atom. The van der Waals surface area contributed by atoms with Crippen LogP contribution in [0.2, 0.25) is 0 Å². The van der Waals surface area contributed by atoms with Gasteiger partial charge in [-0.05, 0) is 57.0 Å². The first kappa shape index (κ1) is 16.3. The summed E-state index contributed by atoms with van der Waals surface area (Å²) in [6.07, 6.45) is 6.50. The highest BCUT2D eigenvalue weighted by molar-refractivity contribution is 5.28. The van der Waals surface area contributed by atoms with Crippen LogP contribution in [0.5, 0.6) is 5.75 Å². The molecular formula is C18H30N2O. The molecule has 0 saturated heterocycles. The molecule has 0 aliphatic heterocycles. The lowest BCUT2D eigenvalue weighted by molar-refractivity contribution is 0.163. The first-order chi connectivity index (χ1) is 10.2. The first-order valence-corrected chi connectivity index (χ1v) is 8.29. The fourth-order valence-corrected chi connectivity index (χ4v) is 3.29. The molecular weight excluding hydrogens is 260 g/mol. The zero-order valence-electron chi connectivity index (χ0n) is 13.8. The highest BCUT2D eigenvalue weighted by atomic mass is 16.5. The monoisotopic (exact) mass is 290 g/mol. The van der Waals surface area contributed by atoms with Gasteiger partial charge in [-0.25, -0.2) is 0 Å². The minimum Gasteiger partial charge on any atom is -0.497 e. The molecule has 1 aromatic carbocycles. The predicted octanol–water partition coefficient (Wildman–Crippen LogP) is 3.44. The van der Waals surface area contributed by atoms with Crippen molar-refractivity contribution in [3.05, 3.63) is 29.8 Å². The molecule has 1 N–H and O–H groups in total. The third-order valence-corrected chi connectivity index (χ3v) is 4.52. The summed E-state index contributed by atoms with van der Waals surface area (Å²) in [5.41, 5.74) is 1.33. The van der Waals surface area contributed by atoms with Crippen LogP contribution in [0.4, 0.5) is 0 Å². The summed E-state index contributed by atoms with van der Waals surface area (Å²) >= 11 is 0. The standard InChI is InChI=1S/C18H30N2O/c1-4-11-19-16-8-6-9-17(13-16)20(2)14-15-7-5-10-18(12-15)21-3/h5,7,10,12,16-17,19H,4,6,8-9,11,13-14H2,1-3H3. The van der Waals surface area contributed by atoms with Gasteiger partial charge in [-0.3, -0.25) is 4.90 Å². The maximum atomic E-state index is 5.31. The van der Waals surface area contributed by atoms with Crippen molar-refractivity contribution in [3.63, 3.8) is 0 Å². The molecule has 0 radical (unpaired) electrons.